The van der Waals surface area contributed by atoms with Crippen LogP contribution in [0.2, 0.25) is 0 Å². The minimum atomic E-state index is -5.08. The molecule has 0 bridgehead atoms. The van der Waals surface area contributed by atoms with Crippen LogP contribution in [0.25, 0.3) is 22.0 Å². The van der Waals surface area contributed by atoms with Gasteiger partial charge in [-0.3, -0.25) is 24.3 Å². The van der Waals surface area contributed by atoms with Crippen molar-refractivity contribution in [3.8, 4) is 11.1 Å². The largest absolute Gasteiger partial charge is 0.490 e. The first-order chi connectivity index (χ1) is 20.5. The Kier molecular flexibility index (Phi) is 10.9. The van der Waals surface area contributed by atoms with Crippen molar-refractivity contribution in [3.05, 3.63) is 64.2 Å². The van der Waals surface area contributed by atoms with Gasteiger partial charge in [0, 0.05) is 32.4 Å². The number of amides is 1. The maximum atomic E-state index is 13.2. The standard InChI is InChI=1S/C26H32N4O6S.C2HF3O2/c1-18-21(20-6-4-19(5-7-20)16-29-12-14-36-15-13-29)8-9-22-23(18)27-17-30(24(22)31)11-10-26(2,25(32)28-33)37(3,34)35;3-2(4,5)1(6)7/h4-9,17,33H,10-16H2,1-3H3,(H,28,32);(H,6,7)/t26-;/m1./s1. The van der Waals surface area contributed by atoms with Gasteiger partial charge in [0.05, 0.1) is 30.4 Å². The van der Waals surface area contributed by atoms with Crippen molar-refractivity contribution in [1.82, 2.24) is 19.9 Å². The average Bonchev–Trinajstić information content (AvgIpc) is 2.97. The summed E-state index contributed by atoms with van der Waals surface area (Å²) in [5.41, 5.74) is 5.73. The summed E-state index contributed by atoms with van der Waals surface area (Å²) in [4.78, 5) is 41.0. The van der Waals surface area contributed by atoms with Gasteiger partial charge >= 0.3 is 12.1 Å². The number of alkyl halides is 3. The Bertz CT molecular complexity index is 1670. The third kappa shape index (κ3) is 7.99. The van der Waals surface area contributed by atoms with Crippen molar-refractivity contribution in [2.45, 2.75) is 44.3 Å². The lowest BCUT2D eigenvalue weighted by Gasteiger charge is -2.26. The fraction of sp³-hybridized carbons (Fsp3) is 0.429. The highest BCUT2D eigenvalue weighted by Gasteiger charge is 2.43. The Morgan fingerprint density at radius 1 is 1.09 bits per heavy atom. The van der Waals surface area contributed by atoms with Gasteiger partial charge in [0.25, 0.3) is 11.5 Å². The van der Waals surface area contributed by atoms with Crippen LogP contribution in [0.3, 0.4) is 0 Å². The number of hydroxylamine groups is 1. The molecule has 0 radical (unpaired) electrons. The molecular weight excluding hydrogens is 609 g/mol. The molecule has 44 heavy (non-hydrogen) atoms. The van der Waals surface area contributed by atoms with Gasteiger partial charge in [0.1, 0.15) is 0 Å². The van der Waals surface area contributed by atoms with Crippen LogP contribution in [0.15, 0.2) is 47.5 Å². The van der Waals surface area contributed by atoms with Crippen molar-refractivity contribution in [3.63, 3.8) is 0 Å². The maximum Gasteiger partial charge on any atom is 0.490 e. The van der Waals surface area contributed by atoms with E-state index in [0.29, 0.717) is 10.9 Å². The van der Waals surface area contributed by atoms with Crippen LogP contribution in [-0.2, 0) is 37.3 Å². The smallest absolute Gasteiger partial charge is 0.475 e. The molecule has 1 saturated heterocycles. The quantitative estimate of drug-likeness (QED) is 0.245. The number of aliphatic carboxylic acids is 1. The number of aromatic nitrogens is 2. The molecule has 1 aliphatic heterocycles. The number of hydrogen-bond donors (Lipinski definition) is 3. The van der Waals surface area contributed by atoms with Crippen molar-refractivity contribution in [1.29, 1.82) is 0 Å². The van der Waals surface area contributed by atoms with E-state index in [9.17, 15) is 31.2 Å². The number of nitrogens with zero attached hydrogens (tertiary/aromatic N) is 3. The predicted octanol–water partition coefficient (Wildman–Crippen LogP) is 2.54. The number of carboxylic acid groups (broad SMARTS) is 1. The first-order valence-corrected chi connectivity index (χ1v) is 15.2. The second-order valence-corrected chi connectivity index (χ2v) is 12.9. The topological polar surface area (TPSA) is 168 Å². The number of benzene rings is 2. The van der Waals surface area contributed by atoms with Crippen LogP contribution in [-0.4, -0.2) is 88.5 Å². The Balaban J connectivity index is 0.000000676. The number of carboxylic acids is 1. The fourth-order valence-electron chi connectivity index (χ4n) is 4.57. The molecule has 1 aliphatic rings. The first-order valence-electron chi connectivity index (χ1n) is 13.3. The molecule has 0 saturated carbocycles. The summed E-state index contributed by atoms with van der Waals surface area (Å²) in [5, 5.41) is 16.5. The normalized spacial score (nSPS) is 15.6. The minimum Gasteiger partial charge on any atom is -0.475 e. The van der Waals surface area contributed by atoms with Gasteiger partial charge in [0.15, 0.2) is 14.6 Å². The third-order valence-electron chi connectivity index (χ3n) is 7.50. The Hall–Kier alpha value is -3.86. The number of nitrogens with one attached hydrogen (secondary N) is 1. The van der Waals surface area contributed by atoms with Crippen molar-refractivity contribution in [2.24, 2.45) is 0 Å². The number of carbonyl (C=O) groups is 2. The van der Waals surface area contributed by atoms with Crippen molar-refractivity contribution >= 4 is 32.6 Å². The molecule has 1 atom stereocenters. The minimum absolute atomic E-state index is 0.0653. The van der Waals surface area contributed by atoms with Gasteiger partial charge < -0.3 is 9.84 Å². The lowest BCUT2D eigenvalue weighted by atomic mass is 9.97. The molecule has 2 heterocycles. The molecule has 4 rings (SSSR count). The molecule has 240 valence electrons. The summed E-state index contributed by atoms with van der Waals surface area (Å²) < 4.78 is 61.0. The molecule has 2 aromatic carbocycles. The maximum absolute atomic E-state index is 13.2. The zero-order chi connectivity index (χ0) is 32.9. The predicted molar refractivity (Wildman–Crippen MR) is 154 cm³/mol. The van der Waals surface area contributed by atoms with Gasteiger partial charge in [0.2, 0.25) is 0 Å². The number of fused-ring (bicyclic) bond motifs is 1. The van der Waals surface area contributed by atoms with Gasteiger partial charge in [-0.1, -0.05) is 30.3 Å². The van der Waals surface area contributed by atoms with Crippen LogP contribution in [0.4, 0.5) is 13.2 Å². The van der Waals surface area contributed by atoms with Gasteiger partial charge in [-0.2, -0.15) is 13.2 Å². The molecule has 1 amide bonds. The molecule has 3 aromatic rings. The Morgan fingerprint density at radius 2 is 1.68 bits per heavy atom. The number of halogens is 3. The molecular formula is C28H33F3N4O8S. The molecule has 3 N–H and O–H groups in total. The highest BCUT2D eigenvalue weighted by Crippen LogP contribution is 2.28. The number of sulfone groups is 1. The summed E-state index contributed by atoms with van der Waals surface area (Å²) >= 11 is 0. The zero-order valence-electron chi connectivity index (χ0n) is 24.2. The fourth-order valence-corrected chi connectivity index (χ4v) is 5.42. The van der Waals surface area contributed by atoms with Gasteiger partial charge in [-0.05, 0) is 48.6 Å². The SMILES string of the molecule is Cc1c(-c2ccc(CN3CCOCC3)cc2)ccc2c(=O)n(CC[C@](C)(C(=O)NO)S(C)(=O)=O)cnc12.O=C(O)C(F)(F)F. The Morgan fingerprint density at radius 3 is 2.20 bits per heavy atom. The van der Waals surface area contributed by atoms with Crippen LogP contribution >= 0.6 is 0 Å². The van der Waals surface area contributed by atoms with Gasteiger partial charge in [-0.15, -0.1) is 0 Å². The summed E-state index contributed by atoms with van der Waals surface area (Å²) in [5.74, 6) is -3.80. The van der Waals surface area contributed by atoms with E-state index in [0.717, 1.165) is 55.8 Å². The number of carbonyl (C=O) groups excluding carboxylic acids is 1. The molecule has 16 heteroatoms. The monoisotopic (exact) mass is 642 g/mol. The second kappa shape index (κ2) is 13.8. The number of morpholine rings is 1. The molecule has 1 fully saturated rings. The summed E-state index contributed by atoms with van der Waals surface area (Å²) in [6.45, 7) is 7.33. The number of ether oxygens (including phenoxy) is 1. The molecule has 0 aliphatic carbocycles. The molecule has 12 nitrogen and oxygen atoms in total. The average molecular weight is 643 g/mol. The van der Waals surface area contributed by atoms with Crippen LogP contribution in [0.5, 0.6) is 0 Å². The van der Waals surface area contributed by atoms with E-state index >= 15 is 0 Å². The van der Waals surface area contributed by atoms with E-state index in [1.165, 1.54) is 28.9 Å². The first kappa shape index (κ1) is 34.6. The Labute approximate surface area is 251 Å². The number of hydrogen-bond acceptors (Lipinski definition) is 9. The van der Waals surface area contributed by atoms with E-state index in [2.05, 4.69) is 34.1 Å². The zero-order valence-corrected chi connectivity index (χ0v) is 25.0. The highest BCUT2D eigenvalue weighted by atomic mass is 32.2. The van der Waals surface area contributed by atoms with E-state index in [1.54, 1.807) is 6.07 Å². The lowest BCUT2D eigenvalue weighted by Crippen LogP contribution is -2.50. The van der Waals surface area contributed by atoms with E-state index in [-0.39, 0.29) is 18.5 Å². The summed E-state index contributed by atoms with van der Waals surface area (Å²) in [6, 6.07) is 12.0. The van der Waals surface area contributed by atoms with Crippen LogP contribution in [0, 0.1) is 6.92 Å². The van der Waals surface area contributed by atoms with Crippen LogP contribution < -0.4 is 11.0 Å². The van der Waals surface area contributed by atoms with E-state index < -0.39 is 32.6 Å². The number of rotatable bonds is 8. The summed E-state index contributed by atoms with van der Waals surface area (Å²) in [7, 11) is -3.87. The lowest BCUT2D eigenvalue weighted by molar-refractivity contribution is -0.192. The number of aryl methyl sites for hydroxylation is 2. The summed E-state index contributed by atoms with van der Waals surface area (Å²) in [6.07, 6.45) is -3.00. The van der Waals surface area contributed by atoms with Crippen molar-refractivity contribution in [2.75, 3.05) is 32.6 Å². The van der Waals surface area contributed by atoms with E-state index in [1.807, 2.05) is 13.0 Å². The highest BCUT2D eigenvalue weighted by molar-refractivity contribution is 7.92. The molecule has 0 unspecified atom stereocenters. The van der Waals surface area contributed by atoms with Crippen LogP contribution in [0.1, 0.15) is 24.5 Å². The van der Waals surface area contributed by atoms with Crippen molar-refractivity contribution < 1.29 is 46.2 Å². The third-order valence-corrected chi connectivity index (χ3v) is 9.52. The second-order valence-electron chi connectivity index (χ2n) is 10.5. The molecule has 1 aromatic heterocycles. The molecule has 0 spiro atoms. The van der Waals surface area contributed by atoms with E-state index in [4.69, 9.17) is 19.8 Å². The van der Waals surface area contributed by atoms with Gasteiger partial charge in [-0.25, -0.2) is 23.7 Å².